The molecule has 6 nitrogen and oxygen atoms in total. The van der Waals surface area contributed by atoms with Crippen LogP contribution in [0.15, 0.2) is 30.3 Å². The minimum absolute atomic E-state index is 0.129. The zero-order chi connectivity index (χ0) is 26.3. The summed E-state index contributed by atoms with van der Waals surface area (Å²) < 4.78 is 0. The van der Waals surface area contributed by atoms with Gasteiger partial charge in [-0.3, -0.25) is 14.7 Å². The van der Waals surface area contributed by atoms with Gasteiger partial charge in [0.15, 0.2) is 0 Å². The lowest BCUT2D eigenvalue weighted by Crippen LogP contribution is -2.45. The number of aliphatic hydroxyl groups is 1. The molecule has 0 aliphatic carbocycles. The van der Waals surface area contributed by atoms with Crippen LogP contribution in [0.5, 0.6) is 0 Å². The number of nitrogens with zero attached hydrogens (tertiary/aromatic N) is 3. The van der Waals surface area contributed by atoms with Gasteiger partial charge in [0.05, 0.1) is 18.8 Å². The van der Waals surface area contributed by atoms with E-state index in [0.717, 1.165) is 50.3 Å². The smallest absolute Gasteiger partial charge is 0.236 e. The number of aromatic nitrogens is 2. The molecular formula is C31H42N4O2. The highest BCUT2D eigenvalue weighted by Crippen LogP contribution is 2.38. The van der Waals surface area contributed by atoms with Crippen LogP contribution in [0.2, 0.25) is 0 Å². The highest BCUT2D eigenvalue weighted by Gasteiger charge is 2.32. The third-order valence-corrected chi connectivity index (χ3v) is 8.42. The number of likely N-dealkylation sites (tertiary alicyclic amines) is 2. The van der Waals surface area contributed by atoms with Gasteiger partial charge in [-0.1, -0.05) is 26.8 Å². The topological polar surface area (TPSA) is 72.5 Å². The molecule has 1 aromatic carbocycles. The SMILES string of the molecule is Cc1cc(-c2[nH]c3ccc(C4CCN(C(=O)CN5C[C@@H](C)C[C@H]5CO)CC4)cc3c2C(C)C)cc(C)n1. The fraction of sp³-hybridized carbons (Fsp3) is 0.548. The van der Waals surface area contributed by atoms with Crippen LogP contribution >= 0.6 is 0 Å². The fourth-order valence-electron chi connectivity index (χ4n) is 6.65. The number of amides is 1. The van der Waals surface area contributed by atoms with Crippen molar-refractivity contribution in [1.29, 1.82) is 0 Å². The molecule has 2 N–H and O–H groups in total. The molecule has 0 saturated carbocycles. The fourth-order valence-corrected chi connectivity index (χ4v) is 6.65. The predicted molar refractivity (Wildman–Crippen MR) is 150 cm³/mol. The number of H-pyrrole nitrogens is 1. The number of hydrogen-bond acceptors (Lipinski definition) is 4. The summed E-state index contributed by atoms with van der Waals surface area (Å²) >= 11 is 0. The van der Waals surface area contributed by atoms with Crippen molar-refractivity contribution in [2.45, 2.75) is 71.8 Å². The van der Waals surface area contributed by atoms with Gasteiger partial charge < -0.3 is 15.0 Å². The van der Waals surface area contributed by atoms with E-state index in [0.29, 0.717) is 24.3 Å². The highest BCUT2D eigenvalue weighted by molar-refractivity contribution is 5.92. The Hall–Kier alpha value is -2.70. The summed E-state index contributed by atoms with van der Waals surface area (Å²) in [6, 6.07) is 11.4. The number of aryl methyl sites for hydroxylation is 2. The van der Waals surface area contributed by atoms with Crippen molar-refractivity contribution >= 4 is 16.8 Å². The summed E-state index contributed by atoms with van der Waals surface area (Å²) in [5.74, 6) is 1.61. The van der Waals surface area contributed by atoms with Gasteiger partial charge >= 0.3 is 0 Å². The quantitative estimate of drug-likeness (QED) is 0.475. The largest absolute Gasteiger partial charge is 0.395 e. The first-order valence-corrected chi connectivity index (χ1v) is 14.0. The van der Waals surface area contributed by atoms with E-state index in [9.17, 15) is 9.90 Å². The van der Waals surface area contributed by atoms with Crippen molar-refractivity contribution in [2.24, 2.45) is 5.92 Å². The Morgan fingerprint density at radius 1 is 1.14 bits per heavy atom. The number of aliphatic hydroxyl groups excluding tert-OH is 1. The Balaban J connectivity index is 1.32. The van der Waals surface area contributed by atoms with Crippen LogP contribution < -0.4 is 0 Å². The van der Waals surface area contributed by atoms with Crippen molar-refractivity contribution in [3.8, 4) is 11.3 Å². The average Bonchev–Trinajstić information content (AvgIpc) is 3.42. The van der Waals surface area contributed by atoms with Gasteiger partial charge in [-0.2, -0.15) is 0 Å². The average molecular weight is 503 g/mol. The molecule has 2 aromatic heterocycles. The molecule has 5 rings (SSSR count). The monoisotopic (exact) mass is 502 g/mol. The van der Waals surface area contributed by atoms with Gasteiger partial charge in [-0.25, -0.2) is 0 Å². The standard InChI is InChI=1S/C31H42N4O2/c1-19(2)30-27-15-24(6-7-28(27)33-31(30)25-13-21(4)32-22(5)14-25)23-8-10-34(11-9-23)29(37)17-35-16-20(3)12-26(35)18-36/h6-7,13-15,19-20,23,26,33,36H,8-12,16-18H2,1-5H3/t20-,26-/m0/s1. The second kappa shape index (κ2) is 10.6. The van der Waals surface area contributed by atoms with Crippen LogP contribution in [0.4, 0.5) is 0 Å². The van der Waals surface area contributed by atoms with Crippen LogP contribution in [0.1, 0.15) is 74.4 Å². The molecule has 1 amide bonds. The molecule has 4 heterocycles. The first-order chi connectivity index (χ1) is 17.7. The lowest BCUT2D eigenvalue weighted by molar-refractivity contribution is -0.133. The molecule has 37 heavy (non-hydrogen) atoms. The Kier molecular flexibility index (Phi) is 7.42. The molecule has 3 aromatic rings. The molecule has 2 aliphatic rings. The summed E-state index contributed by atoms with van der Waals surface area (Å²) in [4.78, 5) is 25.5. The number of aromatic amines is 1. The highest BCUT2D eigenvalue weighted by atomic mass is 16.3. The zero-order valence-corrected chi connectivity index (χ0v) is 23.1. The molecule has 2 saturated heterocycles. The number of fused-ring (bicyclic) bond motifs is 1. The molecule has 6 heteroatoms. The Bertz CT molecular complexity index is 1250. The van der Waals surface area contributed by atoms with Crippen LogP contribution in [0.3, 0.4) is 0 Å². The minimum Gasteiger partial charge on any atom is -0.395 e. The number of carbonyl (C=O) groups excluding carboxylic acids is 1. The van der Waals surface area contributed by atoms with E-state index in [2.05, 4.69) is 79.8 Å². The van der Waals surface area contributed by atoms with E-state index in [1.54, 1.807) is 0 Å². The van der Waals surface area contributed by atoms with Gasteiger partial charge in [0.25, 0.3) is 0 Å². The molecule has 198 valence electrons. The first-order valence-electron chi connectivity index (χ1n) is 14.0. The van der Waals surface area contributed by atoms with Crippen LogP contribution in [-0.2, 0) is 4.79 Å². The summed E-state index contributed by atoms with van der Waals surface area (Å²) in [5.41, 5.74) is 8.41. The number of hydrogen-bond donors (Lipinski definition) is 2. The molecule has 2 atom stereocenters. The van der Waals surface area contributed by atoms with E-state index in [4.69, 9.17) is 0 Å². The normalized spacial score (nSPS) is 21.4. The van der Waals surface area contributed by atoms with Crippen molar-refractivity contribution in [3.05, 3.63) is 52.8 Å². The number of piperidine rings is 1. The minimum atomic E-state index is 0.129. The van der Waals surface area contributed by atoms with Crippen LogP contribution in [0, 0.1) is 19.8 Å². The third-order valence-electron chi connectivity index (χ3n) is 8.42. The van der Waals surface area contributed by atoms with E-state index < -0.39 is 0 Å². The molecule has 0 bridgehead atoms. The molecule has 0 unspecified atom stereocenters. The Labute approximate surface area is 221 Å². The van der Waals surface area contributed by atoms with Gasteiger partial charge in [0.2, 0.25) is 5.91 Å². The van der Waals surface area contributed by atoms with Crippen molar-refractivity contribution in [1.82, 2.24) is 19.8 Å². The maximum absolute atomic E-state index is 13.0. The van der Waals surface area contributed by atoms with Gasteiger partial charge in [0, 0.05) is 53.5 Å². The molecule has 2 fully saturated rings. The molecule has 0 spiro atoms. The summed E-state index contributed by atoms with van der Waals surface area (Å²) in [6.07, 6.45) is 2.97. The van der Waals surface area contributed by atoms with Crippen LogP contribution in [0.25, 0.3) is 22.2 Å². The number of carbonyl (C=O) groups is 1. The van der Waals surface area contributed by atoms with E-state index >= 15 is 0 Å². The maximum Gasteiger partial charge on any atom is 0.236 e. The molecule has 0 radical (unpaired) electrons. The predicted octanol–water partition coefficient (Wildman–Crippen LogP) is 5.38. The van der Waals surface area contributed by atoms with Gasteiger partial charge in [0.1, 0.15) is 0 Å². The maximum atomic E-state index is 13.0. The van der Waals surface area contributed by atoms with Gasteiger partial charge in [-0.05, 0) is 86.3 Å². The molecule has 2 aliphatic heterocycles. The van der Waals surface area contributed by atoms with E-state index in [-0.39, 0.29) is 18.6 Å². The zero-order valence-electron chi connectivity index (χ0n) is 23.1. The van der Waals surface area contributed by atoms with E-state index in [1.807, 2.05) is 4.90 Å². The summed E-state index contributed by atoms with van der Waals surface area (Å²) in [7, 11) is 0. The number of pyridine rings is 1. The first kappa shape index (κ1) is 25.9. The Morgan fingerprint density at radius 2 is 1.84 bits per heavy atom. The number of nitrogens with one attached hydrogen (secondary N) is 1. The third kappa shape index (κ3) is 5.32. The van der Waals surface area contributed by atoms with Crippen molar-refractivity contribution in [3.63, 3.8) is 0 Å². The Morgan fingerprint density at radius 3 is 2.49 bits per heavy atom. The van der Waals surface area contributed by atoms with Crippen molar-refractivity contribution < 1.29 is 9.90 Å². The lowest BCUT2D eigenvalue weighted by Gasteiger charge is -2.34. The molecular weight excluding hydrogens is 460 g/mol. The summed E-state index contributed by atoms with van der Waals surface area (Å²) in [6.45, 7) is 13.9. The summed E-state index contributed by atoms with van der Waals surface area (Å²) in [5, 5.41) is 11.0. The number of rotatable bonds is 6. The second-order valence-electron chi connectivity index (χ2n) is 11.8. The van der Waals surface area contributed by atoms with Gasteiger partial charge in [-0.15, -0.1) is 0 Å². The number of benzene rings is 1. The van der Waals surface area contributed by atoms with Crippen LogP contribution in [-0.4, -0.2) is 69.6 Å². The second-order valence-corrected chi connectivity index (χ2v) is 11.8. The van der Waals surface area contributed by atoms with Crippen molar-refractivity contribution in [2.75, 3.05) is 32.8 Å². The van der Waals surface area contributed by atoms with E-state index in [1.165, 1.54) is 33.3 Å². The lowest BCUT2D eigenvalue weighted by atomic mass is 9.87.